The number of aliphatic hydroxyl groups excluding tert-OH is 1. The largest absolute Gasteiger partial charge is 0.395 e. The Morgan fingerprint density at radius 2 is 2.24 bits per heavy atom. The summed E-state index contributed by atoms with van der Waals surface area (Å²) < 4.78 is 0. The van der Waals surface area contributed by atoms with Crippen molar-refractivity contribution in [1.29, 1.82) is 0 Å². The van der Waals surface area contributed by atoms with Gasteiger partial charge >= 0.3 is 0 Å². The van der Waals surface area contributed by atoms with Crippen molar-refractivity contribution >= 4 is 11.6 Å². The molecule has 0 saturated heterocycles. The number of aromatic nitrogens is 2. The Balaban J connectivity index is 2.30. The van der Waals surface area contributed by atoms with E-state index in [1.165, 1.54) is 19.2 Å². The van der Waals surface area contributed by atoms with E-state index in [0.717, 1.165) is 24.2 Å². The summed E-state index contributed by atoms with van der Waals surface area (Å²) in [6.07, 6.45) is 5.76. The van der Waals surface area contributed by atoms with Gasteiger partial charge in [-0.1, -0.05) is 13.3 Å². The van der Waals surface area contributed by atoms with E-state index in [4.69, 9.17) is 10.8 Å². The highest BCUT2D eigenvalue weighted by Crippen LogP contribution is 2.33. The molecule has 0 radical (unpaired) electrons. The summed E-state index contributed by atoms with van der Waals surface area (Å²) in [6, 6.07) is 0.520. The topological polar surface area (TPSA) is 75.3 Å². The standard InChI is InChI=1S/C12H20N4O/c1-2-3-10-11(13)14-8-15-12(10)16(6-7-17)9-4-5-9/h8-9,17H,2-7H2,1H3,(H2,13,14,15). The Labute approximate surface area is 102 Å². The van der Waals surface area contributed by atoms with Gasteiger partial charge in [0.25, 0.3) is 0 Å². The van der Waals surface area contributed by atoms with Crippen LogP contribution in [0.15, 0.2) is 6.33 Å². The number of rotatable bonds is 6. The van der Waals surface area contributed by atoms with E-state index in [1.807, 2.05) is 0 Å². The van der Waals surface area contributed by atoms with Crippen molar-refractivity contribution in [2.75, 3.05) is 23.8 Å². The number of aliphatic hydroxyl groups is 1. The molecule has 2 rings (SSSR count). The third kappa shape index (κ3) is 2.66. The SMILES string of the molecule is CCCc1c(N)ncnc1N(CCO)C1CC1. The van der Waals surface area contributed by atoms with Crippen molar-refractivity contribution in [2.45, 2.75) is 38.6 Å². The smallest absolute Gasteiger partial charge is 0.137 e. The van der Waals surface area contributed by atoms with E-state index in [-0.39, 0.29) is 6.61 Å². The molecule has 3 N–H and O–H groups in total. The van der Waals surface area contributed by atoms with Gasteiger partial charge in [0.15, 0.2) is 0 Å². The van der Waals surface area contributed by atoms with E-state index in [0.29, 0.717) is 18.4 Å². The van der Waals surface area contributed by atoms with Gasteiger partial charge in [0.05, 0.1) is 6.61 Å². The number of anilines is 2. The van der Waals surface area contributed by atoms with E-state index in [2.05, 4.69) is 21.8 Å². The van der Waals surface area contributed by atoms with Crippen molar-refractivity contribution < 1.29 is 5.11 Å². The molecule has 5 heteroatoms. The lowest BCUT2D eigenvalue weighted by atomic mass is 10.1. The molecule has 1 heterocycles. The zero-order valence-electron chi connectivity index (χ0n) is 10.3. The van der Waals surface area contributed by atoms with Crippen LogP contribution in [-0.4, -0.2) is 34.3 Å². The third-order valence-electron chi connectivity index (χ3n) is 3.06. The number of nitrogen functional groups attached to an aromatic ring is 1. The highest BCUT2D eigenvalue weighted by atomic mass is 16.3. The van der Waals surface area contributed by atoms with Crippen LogP contribution >= 0.6 is 0 Å². The summed E-state index contributed by atoms with van der Waals surface area (Å²) in [5.74, 6) is 1.48. The lowest BCUT2D eigenvalue weighted by Crippen LogP contribution is -2.31. The molecule has 0 unspecified atom stereocenters. The van der Waals surface area contributed by atoms with Crippen LogP contribution in [0, 0.1) is 0 Å². The van der Waals surface area contributed by atoms with Crippen LogP contribution in [0.1, 0.15) is 31.7 Å². The van der Waals surface area contributed by atoms with E-state index in [1.54, 1.807) is 0 Å². The van der Waals surface area contributed by atoms with Gasteiger partial charge in [-0.15, -0.1) is 0 Å². The summed E-state index contributed by atoms with van der Waals surface area (Å²) >= 11 is 0. The number of nitrogens with zero attached hydrogens (tertiary/aromatic N) is 3. The first-order valence-corrected chi connectivity index (χ1v) is 6.24. The minimum Gasteiger partial charge on any atom is -0.395 e. The molecule has 17 heavy (non-hydrogen) atoms. The van der Waals surface area contributed by atoms with E-state index in [9.17, 15) is 0 Å². The lowest BCUT2D eigenvalue weighted by Gasteiger charge is -2.25. The second-order valence-corrected chi connectivity index (χ2v) is 4.46. The second-order valence-electron chi connectivity index (χ2n) is 4.46. The lowest BCUT2D eigenvalue weighted by molar-refractivity contribution is 0.301. The van der Waals surface area contributed by atoms with Gasteiger partial charge < -0.3 is 15.7 Å². The summed E-state index contributed by atoms with van der Waals surface area (Å²) in [5.41, 5.74) is 6.95. The van der Waals surface area contributed by atoms with Gasteiger partial charge in [-0.3, -0.25) is 0 Å². The minimum absolute atomic E-state index is 0.145. The van der Waals surface area contributed by atoms with E-state index < -0.39 is 0 Å². The van der Waals surface area contributed by atoms with Gasteiger partial charge in [-0.25, -0.2) is 9.97 Å². The summed E-state index contributed by atoms with van der Waals surface area (Å²) in [4.78, 5) is 10.6. The molecule has 5 nitrogen and oxygen atoms in total. The van der Waals surface area contributed by atoms with Crippen molar-refractivity contribution in [2.24, 2.45) is 0 Å². The van der Waals surface area contributed by atoms with Crippen LogP contribution in [0.5, 0.6) is 0 Å². The zero-order valence-corrected chi connectivity index (χ0v) is 10.3. The predicted molar refractivity (Wildman–Crippen MR) is 67.9 cm³/mol. The molecule has 1 aromatic rings. The molecule has 1 aromatic heterocycles. The molecule has 0 bridgehead atoms. The molecule has 1 saturated carbocycles. The van der Waals surface area contributed by atoms with Crippen molar-refractivity contribution in [3.8, 4) is 0 Å². The van der Waals surface area contributed by atoms with Crippen molar-refractivity contribution in [3.63, 3.8) is 0 Å². The first-order valence-electron chi connectivity index (χ1n) is 6.24. The molecular weight excluding hydrogens is 216 g/mol. The first-order chi connectivity index (χ1) is 8.27. The first kappa shape index (κ1) is 12.1. The Hall–Kier alpha value is -1.36. The van der Waals surface area contributed by atoms with Gasteiger partial charge in [0.2, 0.25) is 0 Å². The zero-order chi connectivity index (χ0) is 12.3. The maximum absolute atomic E-state index is 9.15. The highest BCUT2D eigenvalue weighted by Gasteiger charge is 2.31. The normalized spacial score (nSPS) is 14.9. The number of hydrogen-bond acceptors (Lipinski definition) is 5. The predicted octanol–water partition coefficient (Wildman–Crippen LogP) is 0.972. The fourth-order valence-electron chi connectivity index (χ4n) is 2.11. The molecule has 94 valence electrons. The quantitative estimate of drug-likeness (QED) is 0.770. The minimum atomic E-state index is 0.145. The Bertz CT molecular complexity index is 379. The molecule has 0 spiro atoms. The fourth-order valence-corrected chi connectivity index (χ4v) is 2.11. The molecule has 1 aliphatic rings. The van der Waals surface area contributed by atoms with Crippen LogP contribution < -0.4 is 10.6 Å². The van der Waals surface area contributed by atoms with Gasteiger partial charge in [0, 0.05) is 18.2 Å². The van der Waals surface area contributed by atoms with Crippen LogP contribution in [0.2, 0.25) is 0 Å². The second kappa shape index (κ2) is 5.31. The molecule has 1 aliphatic carbocycles. The average Bonchev–Trinajstić information content (AvgIpc) is 3.13. The van der Waals surface area contributed by atoms with Crippen molar-refractivity contribution in [3.05, 3.63) is 11.9 Å². The summed E-state index contributed by atoms with van der Waals surface area (Å²) in [5, 5.41) is 9.15. The molecule has 0 amide bonds. The Morgan fingerprint density at radius 1 is 1.47 bits per heavy atom. The molecule has 1 fully saturated rings. The monoisotopic (exact) mass is 236 g/mol. The fraction of sp³-hybridized carbons (Fsp3) is 0.667. The Morgan fingerprint density at radius 3 is 2.82 bits per heavy atom. The Kier molecular flexibility index (Phi) is 3.78. The summed E-state index contributed by atoms with van der Waals surface area (Å²) in [7, 11) is 0. The maximum Gasteiger partial charge on any atom is 0.137 e. The molecule has 0 aliphatic heterocycles. The average molecular weight is 236 g/mol. The number of hydrogen-bond donors (Lipinski definition) is 2. The maximum atomic E-state index is 9.15. The van der Waals surface area contributed by atoms with Crippen LogP contribution in [-0.2, 0) is 6.42 Å². The van der Waals surface area contributed by atoms with Gasteiger partial charge in [0.1, 0.15) is 18.0 Å². The highest BCUT2D eigenvalue weighted by molar-refractivity contribution is 5.57. The van der Waals surface area contributed by atoms with Crippen molar-refractivity contribution in [1.82, 2.24) is 9.97 Å². The molecular formula is C12H20N4O. The van der Waals surface area contributed by atoms with Gasteiger partial charge in [-0.2, -0.15) is 0 Å². The molecule has 0 aromatic carbocycles. The van der Waals surface area contributed by atoms with E-state index >= 15 is 0 Å². The van der Waals surface area contributed by atoms with Crippen LogP contribution in [0.25, 0.3) is 0 Å². The number of nitrogens with two attached hydrogens (primary N) is 1. The summed E-state index contributed by atoms with van der Waals surface area (Å²) in [6.45, 7) is 2.88. The molecule has 0 atom stereocenters. The third-order valence-corrected chi connectivity index (χ3v) is 3.06. The van der Waals surface area contributed by atoms with Gasteiger partial charge in [-0.05, 0) is 19.3 Å². The van der Waals surface area contributed by atoms with Crippen LogP contribution in [0.4, 0.5) is 11.6 Å². The van der Waals surface area contributed by atoms with Crippen LogP contribution in [0.3, 0.4) is 0 Å².